The number of hydrogen-bond donors (Lipinski definition) is 0. The van der Waals surface area contributed by atoms with Gasteiger partial charge in [-0.2, -0.15) is 39.2 Å². The van der Waals surface area contributed by atoms with Gasteiger partial charge in [-0.15, -0.1) is 9.35 Å². The number of hydrogen-bond acceptors (Lipinski definition) is 5. The van der Waals surface area contributed by atoms with E-state index in [1.165, 1.54) is 0 Å². The molecule has 2 aliphatic carbocycles. The lowest BCUT2D eigenvalue weighted by atomic mass is 9.85. The SMILES string of the molecule is FC(F)C(F)(F)C(F)(F)C(F)(F)F.O=C1C2C3C=CC(C3)C2C(=O)N1OS(=O)(=O)CC[n+]1ccccc1. The van der Waals surface area contributed by atoms with E-state index < -0.39 is 58.2 Å². The van der Waals surface area contributed by atoms with Gasteiger partial charge in [0.25, 0.3) is 21.9 Å². The summed E-state index contributed by atoms with van der Waals surface area (Å²) in [4.78, 5) is 24.8. The van der Waals surface area contributed by atoms with Gasteiger partial charge in [0.2, 0.25) is 0 Å². The summed E-state index contributed by atoms with van der Waals surface area (Å²) in [5.41, 5.74) is 0. The Morgan fingerprint density at radius 3 is 1.81 bits per heavy atom. The number of aryl methyl sites for hydroxylation is 1. The minimum Gasteiger partial charge on any atom is -0.272 e. The second-order valence-corrected chi connectivity index (χ2v) is 10.1. The molecule has 1 saturated heterocycles. The number of nitrogens with zero attached hydrogens (tertiary/aromatic N) is 2. The second kappa shape index (κ2) is 9.89. The molecule has 3 aliphatic rings. The molecule has 4 rings (SSSR count). The van der Waals surface area contributed by atoms with Crippen LogP contribution in [-0.2, 0) is 30.5 Å². The topological polar surface area (TPSA) is 84.6 Å². The van der Waals surface area contributed by atoms with Gasteiger partial charge in [0.15, 0.2) is 18.9 Å². The molecule has 1 aromatic rings. The first-order valence-corrected chi connectivity index (χ1v) is 12.0. The van der Waals surface area contributed by atoms with Crippen molar-refractivity contribution >= 4 is 21.9 Å². The molecular weight excluding hydrogens is 551 g/mol. The van der Waals surface area contributed by atoms with E-state index in [2.05, 4.69) is 0 Å². The first-order valence-electron chi connectivity index (χ1n) is 10.4. The molecule has 4 unspecified atom stereocenters. The molecule has 206 valence electrons. The summed E-state index contributed by atoms with van der Waals surface area (Å²) in [5, 5.41) is 0.479. The molecular formula is C20H18F9N2O5S+. The van der Waals surface area contributed by atoms with Crippen molar-refractivity contribution in [1.29, 1.82) is 0 Å². The Balaban J connectivity index is 0.000000251. The Kier molecular flexibility index (Phi) is 7.71. The average Bonchev–Trinajstić information content (AvgIpc) is 3.48. The van der Waals surface area contributed by atoms with Gasteiger partial charge >= 0.3 is 24.4 Å². The number of aromatic nitrogens is 1. The Labute approximate surface area is 203 Å². The number of amides is 2. The number of imide groups is 1. The van der Waals surface area contributed by atoms with Gasteiger partial charge in [-0.3, -0.25) is 9.59 Å². The highest BCUT2D eigenvalue weighted by Crippen LogP contribution is 2.52. The normalized spacial score (nSPS) is 25.5. The third-order valence-electron chi connectivity index (χ3n) is 6.04. The zero-order valence-corrected chi connectivity index (χ0v) is 19.1. The van der Waals surface area contributed by atoms with Crippen LogP contribution in [0.3, 0.4) is 0 Å². The minimum atomic E-state index is -6.73. The standard InChI is InChI=1S/C16H17N2O5S.C4HF9/c19-15-13-11-4-5-12(10-11)14(13)16(20)18(15)23-24(21,22)9-8-17-6-2-1-3-7-17;5-1(6)2(7,8)3(9,10)4(11,12)13/h1-7,11-14H,8-10H2;1H/q+1;. The van der Waals surface area contributed by atoms with Gasteiger partial charge in [-0.1, -0.05) is 18.2 Å². The van der Waals surface area contributed by atoms with Gasteiger partial charge in [-0.25, -0.2) is 13.3 Å². The molecule has 1 aliphatic heterocycles. The van der Waals surface area contributed by atoms with E-state index in [0.29, 0.717) is 5.06 Å². The van der Waals surface area contributed by atoms with Crippen molar-refractivity contribution in [2.45, 2.75) is 37.4 Å². The van der Waals surface area contributed by atoms with Crippen molar-refractivity contribution in [3.05, 3.63) is 42.7 Å². The molecule has 0 N–H and O–H groups in total. The number of rotatable bonds is 7. The molecule has 2 amide bonds. The van der Waals surface area contributed by atoms with Gasteiger partial charge in [0.1, 0.15) is 5.75 Å². The molecule has 0 aromatic carbocycles. The van der Waals surface area contributed by atoms with Crippen molar-refractivity contribution in [3.8, 4) is 0 Å². The largest absolute Gasteiger partial charge is 0.460 e. The first-order chi connectivity index (χ1) is 16.9. The van der Waals surface area contributed by atoms with E-state index in [4.69, 9.17) is 4.28 Å². The van der Waals surface area contributed by atoms with Gasteiger partial charge < -0.3 is 0 Å². The predicted octanol–water partition coefficient (Wildman–Crippen LogP) is 3.13. The number of pyridine rings is 1. The number of allylic oxidation sites excluding steroid dienone is 2. The number of hydroxylamine groups is 2. The minimum absolute atomic E-state index is 0.0210. The van der Waals surface area contributed by atoms with Crippen LogP contribution in [0.4, 0.5) is 39.5 Å². The van der Waals surface area contributed by atoms with Crippen LogP contribution in [0.1, 0.15) is 6.42 Å². The van der Waals surface area contributed by atoms with Crippen LogP contribution in [0.25, 0.3) is 0 Å². The van der Waals surface area contributed by atoms with Crippen molar-refractivity contribution in [1.82, 2.24) is 5.06 Å². The van der Waals surface area contributed by atoms with Crippen LogP contribution >= 0.6 is 0 Å². The molecule has 2 bridgehead atoms. The fraction of sp³-hybridized carbons (Fsp3) is 0.550. The van der Waals surface area contributed by atoms with Gasteiger partial charge in [0, 0.05) is 12.1 Å². The number of fused-ring (bicyclic) bond motifs is 5. The first kappa shape index (κ1) is 28.9. The van der Waals surface area contributed by atoms with Crippen LogP contribution in [-0.4, -0.2) is 55.5 Å². The van der Waals surface area contributed by atoms with E-state index in [-0.39, 0.29) is 24.1 Å². The van der Waals surface area contributed by atoms with Crippen LogP contribution in [0.15, 0.2) is 42.7 Å². The van der Waals surface area contributed by atoms with E-state index in [9.17, 15) is 57.5 Å². The van der Waals surface area contributed by atoms with Crippen LogP contribution in [0, 0.1) is 23.7 Å². The van der Waals surface area contributed by atoms with Crippen molar-refractivity contribution in [2.24, 2.45) is 23.7 Å². The van der Waals surface area contributed by atoms with Crippen LogP contribution in [0.5, 0.6) is 0 Å². The molecule has 0 radical (unpaired) electrons. The summed E-state index contributed by atoms with van der Waals surface area (Å²) in [7, 11) is -4.03. The number of carbonyl (C=O) groups excluding carboxylic acids is 2. The Morgan fingerprint density at radius 1 is 0.919 bits per heavy atom. The summed E-state index contributed by atoms with van der Waals surface area (Å²) in [5.74, 6) is -15.4. The van der Waals surface area contributed by atoms with Crippen molar-refractivity contribution in [2.75, 3.05) is 5.75 Å². The van der Waals surface area contributed by atoms with Gasteiger partial charge in [-0.05, 0) is 18.3 Å². The maximum atomic E-state index is 12.4. The van der Waals surface area contributed by atoms with E-state index in [1.807, 2.05) is 18.2 Å². The predicted molar refractivity (Wildman–Crippen MR) is 103 cm³/mol. The molecule has 7 nitrogen and oxygen atoms in total. The molecule has 1 aromatic heterocycles. The maximum absolute atomic E-state index is 12.4. The van der Waals surface area contributed by atoms with E-state index in [0.717, 1.165) is 6.42 Å². The number of halogens is 9. The van der Waals surface area contributed by atoms with Crippen LogP contribution < -0.4 is 4.57 Å². The molecule has 37 heavy (non-hydrogen) atoms. The highest BCUT2D eigenvalue weighted by atomic mass is 32.2. The zero-order chi connectivity index (χ0) is 28.0. The summed E-state index contributed by atoms with van der Waals surface area (Å²) < 4.78 is 133. The summed E-state index contributed by atoms with van der Waals surface area (Å²) in [6.07, 6.45) is -3.64. The molecule has 1 saturated carbocycles. The molecule has 17 heteroatoms. The van der Waals surface area contributed by atoms with Crippen molar-refractivity contribution in [3.63, 3.8) is 0 Å². The number of alkyl halides is 9. The maximum Gasteiger partial charge on any atom is 0.460 e. The lowest BCUT2D eigenvalue weighted by Gasteiger charge is -2.27. The number of carbonyl (C=O) groups is 2. The van der Waals surface area contributed by atoms with Crippen LogP contribution in [0.2, 0.25) is 0 Å². The lowest BCUT2D eigenvalue weighted by Crippen LogP contribution is -2.55. The third kappa shape index (κ3) is 5.46. The fourth-order valence-electron chi connectivity index (χ4n) is 4.23. The zero-order valence-electron chi connectivity index (χ0n) is 18.3. The summed E-state index contributed by atoms with van der Waals surface area (Å²) in [6.45, 7) is 0.180. The fourth-order valence-corrected chi connectivity index (χ4v) is 5.11. The molecule has 2 fully saturated rings. The highest BCUT2D eigenvalue weighted by Gasteiger charge is 2.76. The van der Waals surface area contributed by atoms with E-state index >= 15 is 0 Å². The average molecular weight is 569 g/mol. The smallest absolute Gasteiger partial charge is 0.272 e. The monoisotopic (exact) mass is 569 g/mol. The van der Waals surface area contributed by atoms with E-state index in [1.54, 1.807) is 29.1 Å². The molecule has 2 heterocycles. The van der Waals surface area contributed by atoms with Gasteiger partial charge in [0.05, 0.1) is 11.8 Å². The Hall–Kier alpha value is -2.69. The summed E-state index contributed by atoms with van der Waals surface area (Å²) >= 11 is 0. The van der Waals surface area contributed by atoms with Crippen molar-refractivity contribution < 1.29 is 66.4 Å². The highest BCUT2D eigenvalue weighted by molar-refractivity contribution is 7.86. The Morgan fingerprint density at radius 2 is 1.41 bits per heavy atom. The Bertz CT molecular complexity index is 1130. The lowest BCUT2D eigenvalue weighted by molar-refractivity contribution is -0.692. The molecule has 0 spiro atoms. The second-order valence-electron chi connectivity index (χ2n) is 8.42. The molecule has 4 atom stereocenters. The summed E-state index contributed by atoms with van der Waals surface area (Å²) in [6, 6.07) is 5.39. The quantitative estimate of drug-likeness (QED) is 0.218. The third-order valence-corrected chi connectivity index (χ3v) is 7.10.